The van der Waals surface area contributed by atoms with Crippen LogP contribution in [0.15, 0.2) is 59.8 Å². The van der Waals surface area contributed by atoms with E-state index in [0.717, 1.165) is 29.6 Å². The number of carbonyl (C=O) groups excluding carboxylic acids is 1. The third-order valence-corrected chi connectivity index (χ3v) is 6.36. The van der Waals surface area contributed by atoms with Gasteiger partial charge in [-0.15, -0.1) is 10.2 Å². The second-order valence-corrected chi connectivity index (χ2v) is 8.31. The van der Waals surface area contributed by atoms with Crippen LogP contribution in [0.2, 0.25) is 0 Å². The minimum Gasteiger partial charge on any atom is -0.324 e. The average Bonchev–Trinajstić information content (AvgIpc) is 3.15. The highest BCUT2D eigenvalue weighted by atomic mass is 32.2. The first-order valence-electron chi connectivity index (χ1n) is 9.98. The summed E-state index contributed by atoms with van der Waals surface area (Å²) in [7, 11) is 1.97. The summed E-state index contributed by atoms with van der Waals surface area (Å²) >= 11 is 1.65. The van der Waals surface area contributed by atoms with Crippen LogP contribution < -0.4 is 5.32 Å². The van der Waals surface area contributed by atoms with Gasteiger partial charge in [-0.05, 0) is 30.5 Å². The van der Waals surface area contributed by atoms with Crippen molar-refractivity contribution in [1.82, 2.24) is 19.7 Å². The quantitative estimate of drug-likeness (QED) is 0.604. The Bertz CT molecular complexity index is 1010. The molecule has 4 rings (SSSR count). The third kappa shape index (κ3) is 4.64. The van der Waals surface area contributed by atoms with Gasteiger partial charge in [0.25, 0.3) is 0 Å². The molecule has 1 aliphatic heterocycles. The summed E-state index contributed by atoms with van der Waals surface area (Å²) in [5.41, 5.74) is 1.43. The van der Waals surface area contributed by atoms with Crippen molar-refractivity contribution in [3.63, 3.8) is 0 Å². The molecule has 6 nitrogen and oxygen atoms in total. The number of rotatable bonds is 5. The zero-order valence-corrected chi connectivity index (χ0v) is 17.6. The van der Waals surface area contributed by atoms with E-state index in [1.165, 1.54) is 11.6 Å². The zero-order valence-electron chi connectivity index (χ0n) is 16.8. The Balaban J connectivity index is 1.40. The van der Waals surface area contributed by atoms with E-state index in [9.17, 15) is 9.18 Å². The van der Waals surface area contributed by atoms with Crippen LogP contribution in [0.25, 0.3) is 0 Å². The Morgan fingerprint density at radius 2 is 1.93 bits per heavy atom. The van der Waals surface area contributed by atoms with Gasteiger partial charge in [-0.2, -0.15) is 0 Å². The van der Waals surface area contributed by atoms with Crippen molar-refractivity contribution in [2.24, 2.45) is 7.05 Å². The average molecular weight is 426 g/mol. The molecular weight excluding hydrogens is 401 g/mol. The number of nitrogens with one attached hydrogen (secondary N) is 1. The molecule has 0 spiro atoms. The number of hydrogen-bond acceptors (Lipinski definition) is 4. The van der Waals surface area contributed by atoms with Gasteiger partial charge in [0.15, 0.2) is 5.16 Å². The molecule has 0 unspecified atom stereocenters. The Morgan fingerprint density at radius 1 is 1.17 bits per heavy atom. The minimum absolute atomic E-state index is 0.105. The summed E-state index contributed by atoms with van der Waals surface area (Å²) in [6.45, 7) is 1.18. The maximum atomic E-state index is 13.9. The summed E-state index contributed by atoms with van der Waals surface area (Å²) < 4.78 is 15.9. The number of halogens is 1. The zero-order chi connectivity index (χ0) is 20.9. The van der Waals surface area contributed by atoms with Crippen LogP contribution in [-0.4, -0.2) is 38.8 Å². The Kier molecular flexibility index (Phi) is 6.32. The highest BCUT2D eigenvalue weighted by molar-refractivity contribution is 7.98. The standard InChI is InChI=1S/C22H24FN5OS/c1-27-20(25-26-22(27)30-15-16-8-3-2-4-9-16)17-10-7-13-28(14-17)21(29)24-19-12-6-5-11-18(19)23/h2-6,8-9,11-12,17H,7,10,13-15H2,1H3,(H,24,29)/t17-/m1/s1. The molecule has 1 aliphatic rings. The van der Waals surface area contributed by atoms with Gasteiger partial charge in [0.1, 0.15) is 11.6 Å². The number of hydrogen-bond donors (Lipinski definition) is 1. The van der Waals surface area contributed by atoms with E-state index in [0.29, 0.717) is 13.1 Å². The van der Waals surface area contributed by atoms with Crippen LogP contribution in [0.4, 0.5) is 14.9 Å². The number of benzene rings is 2. The van der Waals surface area contributed by atoms with Crippen molar-refractivity contribution < 1.29 is 9.18 Å². The molecule has 0 saturated carbocycles. The molecular formula is C22H24FN5OS. The van der Waals surface area contributed by atoms with Crippen LogP contribution in [0.3, 0.4) is 0 Å². The van der Waals surface area contributed by atoms with Gasteiger partial charge in [-0.1, -0.05) is 54.2 Å². The molecule has 2 heterocycles. The molecule has 1 N–H and O–H groups in total. The number of likely N-dealkylation sites (tertiary alicyclic amines) is 1. The summed E-state index contributed by atoms with van der Waals surface area (Å²) in [4.78, 5) is 14.4. The van der Waals surface area contributed by atoms with Gasteiger partial charge < -0.3 is 14.8 Å². The lowest BCUT2D eigenvalue weighted by molar-refractivity contribution is 0.190. The van der Waals surface area contributed by atoms with E-state index in [2.05, 4.69) is 27.6 Å². The molecule has 0 radical (unpaired) electrons. The normalized spacial score (nSPS) is 16.5. The summed E-state index contributed by atoms with van der Waals surface area (Å²) in [6, 6.07) is 16.2. The summed E-state index contributed by atoms with van der Waals surface area (Å²) in [6.07, 6.45) is 1.81. The third-order valence-electron chi connectivity index (χ3n) is 5.27. The molecule has 2 aromatic carbocycles. The number of para-hydroxylation sites is 1. The highest BCUT2D eigenvalue weighted by Gasteiger charge is 2.28. The monoisotopic (exact) mass is 425 g/mol. The fraction of sp³-hybridized carbons (Fsp3) is 0.318. The van der Waals surface area contributed by atoms with Gasteiger partial charge in [0, 0.05) is 31.8 Å². The van der Waals surface area contributed by atoms with Gasteiger partial charge in [0.05, 0.1) is 5.69 Å². The first-order chi connectivity index (χ1) is 14.6. The Labute approximate surface area is 179 Å². The molecule has 2 amide bonds. The first-order valence-corrected chi connectivity index (χ1v) is 11.0. The molecule has 1 aromatic heterocycles. The predicted octanol–water partition coefficient (Wildman–Crippen LogP) is 4.66. The van der Waals surface area contributed by atoms with Crippen molar-refractivity contribution >= 4 is 23.5 Å². The fourth-order valence-electron chi connectivity index (χ4n) is 3.66. The van der Waals surface area contributed by atoms with E-state index in [1.807, 2.05) is 29.8 Å². The van der Waals surface area contributed by atoms with E-state index in [1.54, 1.807) is 34.9 Å². The van der Waals surface area contributed by atoms with Crippen molar-refractivity contribution in [2.75, 3.05) is 18.4 Å². The number of nitrogens with zero attached hydrogens (tertiary/aromatic N) is 4. The second kappa shape index (κ2) is 9.30. The Hall–Kier alpha value is -2.87. The van der Waals surface area contributed by atoms with E-state index < -0.39 is 5.82 Å². The highest BCUT2D eigenvalue weighted by Crippen LogP contribution is 2.29. The van der Waals surface area contributed by atoms with Crippen molar-refractivity contribution in [3.8, 4) is 0 Å². The molecule has 156 valence electrons. The van der Waals surface area contributed by atoms with Gasteiger partial charge >= 0.3 is 6.03 Å². The molecule has 0 bridgehead atoms. The summed E-state index contributed by atoms with van der Waals surface area (Å²) in [5, 5.41) is 12.3. The second-order valence-electron chi connectivity index (χ2n) is 7.37. The number of aromatic nitrogens is 3. The number of piperidine rings is 1. The number of thioether (sulfide) groups is 1. The molecule has 8 heteroatoms. The lowest BCUT2D eigenvalue weighted by Crippen LogP contribution is -2.42. The predicted molar refractivity (Wildman–Crippen MR) is 116 cm³/mol. The molecule has 1 fully saturated rings. The van der Waals surface area contributed by atoms with Crippen molar-refractivity contribution in [1.29, 1.82) is 0 Å². The van der Waals surface area contributed by atoms with Crippen LogP contribution in [0, 0.1) is 5.82 Å². The Morgan fingerprint density at radius 3 is 2.73 bits per heavy atom. The number of amides is 2. The SMILES string of the molecule is Cn1c(SCc2ccccc2)nnc1[C@@H]1CCCN(C(=O)Nc2ccccc2F)C1. The van der Waals surface area contributed by atoms with Crippen LogP contribution >= 0.6 is 11.8 Å². The largest absolute Gasteiger partial charge is 0.324 e. The topological polar surface area (TPSA) is 63.1 Å². The lowest BCUT2D eigenvalue weighted by atomic mass is 9.97. The molecule has 3 aromatic rings. The molecule has 30 heavy (non-hydrogen) atoms. The lowest BCUT2D eigenvalue weighted by Gasteiger charge is -2.32. The van der Waals surface area contributed by atoms with Crippen LogP contribution in [0.1, 0.15) is 30.1 Å². The smallest absolute Gasteiger partial charge is 0.321 e. The van der Waals surface area contributed by atoms with E-state index in [4.69, 9.17) is 0 Å². The fourth-order valence-corrected chi connectivity index (χ4v) is 4.53. The molecule has 0 aliphatic carbocycles. The molecule has 1 atom stereocenters. The van der Waals surface area contributed by atoms with E-state index >= 15 is 0 Å². The molecule has 1 saturated heterocycles. The number of urea groups is 1. The van der Waals surface area contributed by atoms with Crippen LogP contribution in [0.5, 0.6) is 0 Å². The van der Waals surface area contributed by atoms with Gasteiger partial charge in [0.2, 0.25) is 0 Å². The van der Waals surface area contributed by atoms with E-state index in [-0.39, 0.29) is 17.6 Å². The minimum atomic E-state index is -0.437. The first kappa shape index (κ1) is 20.4. The maximum Gasteiger partial charge on any atom is 0.321 e. The maximum absolute atomic E-state index is 13.9. The van der Waals surface area contributed by atoms with Gasteiger partial charge in [-0.25, -0.2) is 9.18 Å². The van der Waals surface area contributed by atoms with Crippen molar-refractivity contribution in [2.45, 2.75) is 29.7 Å². The number of carbonyl (C=O) groups is 1. The summed E-state index contributed by atoms with van der Waals surface area (Å²) in [5.74, 6) is 1.38. The van der Waals surface area contributed by atoms with Crippen molar-refractivity contribution in [3.05, 3.63) is 71.8 Å². The number of anilines is 1. The van der Waals surface area contributed by atoms with Gasteiger partial charge in [-0.3, -0.25) is 0 Å². The van der Waals surface area contributed by atoms with Crippen LogP contribution in [-0.2, 0) is 12.8 Å².